The van der Waals surface area contributed by atoms with Gasteiger partial charge in [-0.2, -0.15) is 0 Å². The second-order valence-electron chi connectivity index (χ2n) is 5.02. The number of carbonyl (C=O) groups is 1. The number of methoxy groups -OCH3 is 1. The molecule has 0 bridgehead atoms. The zero-order chi connectivity index (χ0) is 17.6. The zero-order valence-corrected chi connectivity index (χ0v) is 14.5. The Hall–Kier alpha value is -2.87. The van der Waals surface area contributed by atoms with E-state index in [0.717, 1.165) is 4.88 Å². The third-order valence-corrected chi connectivity index (χ3v) is 4.10. The van der Waals surface area contributed by atoms with E-state index in [1.54, 1.807) is 38.3 Å². The molecule has 8 heteroatoms. The van der Waals surface area contributed by atoms with Gasteiger partial charge < -0.3 is 18.6 Å². The molecule has 0 aliphatic heterocycles. The number of esters is 1. The summed E-state index contributed by atoms with van der Waals surface area (Å²) in [5, 5.41) is 9.79. The summed E-state index contributed by atoms with van der Waals surface area (Å²) in [5.41, 5.74) is 0. The average Bonchev–Trinajstić information content (AvgIpc) is 3.31. The molecular formula is C17H16N2O5S. The first-order valence-electron chi connectivity index (χ1n) is 7.49. The lowest BCUT2D eigenvalue weighted by Gasteiger charge is -2.10. The largest absolute Gasteiger partial charge is 0.497 e. The third kappa shape index (κ3) is 4.36. The van der Waals surface area contributed by atoms with Crippen LogP contribution in [0.5, 0.6) is 11.5 Å². The van der Waals surface area contributed by atoms with E-state index in [9.17, 15) is 4.79 Å². The standard InChI is InChI=1S/C17H16N2O5S/c1-11(16-18-19-17(24-16)14-4-3-9-25-14)23-15(20)10-22-13-7-5-12(21-2)6-8-13/h3-9,11H,10H2,1-2H3/t11-/m0/s1. The molecule has 2 heterocycles. The molecule has 0 radical (unpaired) electrons. The molecule has 130 valence electrons. The molecule has 0 aliphatic carbocycles. The zero-order valence-electron chi connectivity index (χ0n) is 13.7. The molecule has 0 saturated carbocycles. The number of thiophene rings is 1. The molecule has 0 N–H and O–H groups in total. The fourth-order valence-electron chi connectivity index (χ4n) is 1.99. The first kappa shape index (κ1) is 17.0. The van der Waals surface area contributed by atoms with Crippen molar-refractivity contribution in [2.24, 2.45) is 0 Å². The van der Waals surface area contributed by atoms with Crippen molar-refractivity contribution >= 4 is 17.3 Å². The van der Waals surface area contributed by atoms with E-state index in [1.165, 1.54) is 11.3 Å². The van der Waals surface area contributed by atoms with Crippen LogP contribution in [0.3, 0.4) is 0 Å². The van der Waals surface area contributed by atoms with Gasteiger partial charge in [-0.1, -0.05) is 6.07 Å². The van der Waals surface area contributed by atoms with E-state index in [1.807, 2.05) is 17.5 Å². The smallest absolute Gasteiger partial charge is 0.344 e. The number of benzene rings is 1. The maximum Gasteiger partial charge on any atom is 0.344 e. The quantitative estimate of drug-likeness (QED) is 0.596. The van der Waals surface area contributed by atoms with Gasteiger partial charge in [0.25, 0.3) is 11.8 Å². The minimum atomic E-state index is -0.659. The Morgan fingerprint density at radius 3 is 2.64 bits per heavy atom. The van der Waals surface area contributed by atoms with E-state index in [4.69, 9.17) is 18.6 Å². The predicted molar refractivity (Wildman–Crippen MR) is 90.6 cm³/mol. The van der Waals surface area contributed by atoms with Gasteiger partial charge in [0.1, 0.15) is 11.5 Å². The second kappa shape index (κ2) is 7.80. The normalized spacial score (nSPS) is 11.8. The van der Waals surface area contributed by atoms with Crippen LogP contribution in [-0.4, -0.2) is 29.9 Å². The summed E-state index contributed by atoms with van der Waals surface area (Å²) < 4.78 is 21.2. The van der Waals surface area contributed by atoms with Crippen LogP contribution < -0.4 is 9.47 Å². The number of rotatable bonds is 7. The van der Waals surface area contributed by atoms with Crippen LogP contribution >= 0.6 is 11.3 Å². The van der Waals surface area contributed by atoms with Crippen molar-refractivity contribution in [1.29, 1.82) is 0 Å². The molecular weight excluding hydrogens is 344 g/mol. The summed E-state index contributed by atoms with van der Waals surface area (Å²) in [6.45, 7) is 1.44. The van der Waals surface area contributed by atoms with Gasteiger partial charge in [-0.25, -0.2) is 4.79 Å². The Labute approximate surface area is 148 Å². The lowest BCUT2D eigenvalue weighted by atomic mass is 10.3. The molecule has 25 heavy (non-hydrogen) atoms. The van der Waals surface area contributed by atoms with Crippen LogP contribution in [0, 0.1) is 0 Å². The Morgan fingerprint density at radius 1 is 1.20 bits per heavy atom. The highest BCUT2D eigenvalue weighted by Gasteiger charge is 2.19. The van der Waals surface area contributed by atoms with Crippen LogP contribution in [0.2, 0.25) is 0 Å². The Morgan fingerprint density at radius 2 is 1.96 bits per heavy atom. The summed E-state index contributed by atoms with van der Waals surface area (Å²) in [6.07, 6.45) is -0.659. The maximum absolute atomic E-state index is 11.9. The van der Waals surface area contributed by atoms with Crippen LogP contribution in [0.15, 0.2) is 46.2 Å². The molecule has 3 aromatic rings. The van der Waals surface area contributed by atoms with Crippen molar-refractivity contribution < 1.29 is 23.4 Å². The van der Waals surface area contributed by atoms with E-state index in [2.05, 4.69) is 10.2 Å². The van der Waals surface area contributed by atoms with E-state index in [0.29, 0.717) is 17.4 Å². The lowest BCUT2D eigenvalue weighted by Crippen LogP contribution is -2.17. The predicted octanol–water partition coefficient (Wildman–Crippen LogP) is 3.49. The van der Waals surface area contributed by atoms with Crippen molar-refractivity contribution in [3.05, 3.63) is 47.7 Å². The maximum atomic E-state index is 11.9. The Balaban J connectivity index is 1.51. The number of carbonyl (C=O) groups excluding carboxylic acids is 1. The minimum Gasteiger partial charge on any atom is -0.497 e. The SMILES string of the molecule is COc1ccc(OCC(=O)O[C@@H](C)c2nnc(-c3cccs3)o2)cc1. The van der Waals surface area contributed by atoms with Gasteiger partial charge in [-0.15, -0.1) is 21.5 Å². The molecule has 3 rings (SSSR count). The highest BCUT2D eigenvalue weighted by molar-refractivity contribution is 7.13. The molecule has 0 spiro atoms. The summed E-state index contributed by atoms with van der Waals surface area (Å²) in [6, 6.07) is 10.7. The highest BCUT2D eigenvalue weighted by atomic mass is 32.1. The van der Waals surface area contributed by atoms with Crippen molar-refractivity contribution in [3.8, 4) is 22.3 Å². The topological polar surface area (TPSA) is 83.7 Å². The summed E-state index contributed by atoms with van der Waals surface area (Å²) in [4.78, 5) is 12.8. The number of aromatic nitrogens is 2. The Kier molecular flexibility index (Phi) is 5.30. The molecule has 7 nitrogen and oxygen atoms in total. The molecule has 0 aliphatic rings. The third-order valence-electron chi connectivity index (χ3n) is 3.24. The molecule has 1 atom stereocenters. The van der Waals surface area contributed by atoms with Crippen LogP contribution in [0.1, 0.15) is 18.9 Å². The van der Waals surface area contributed by atoms with Crippen molar-refractivity contribution in [2.45, 2.75) is 13.0 Å². The average molecular weight is 360 g/mol. The van der Waals surface area contributed by atoms with Gasteiger partial charge in [0, 0.05) is 0 Å². The van der Waals surface area contributed by atoms with Crippen LogP contribution in [-0.2, 0) is 9.53 Å². The Bertz CT molecular complexity index is 814. The molecule has 0 saturated heterocycles. The van der Waals surface area contributed by atoms with Crippen LogP contribution in [0.25, 0.3) is 10.8 Å². The summed E-state index contributed by atoms with van der Waals surface area (Å²) in [5.74, 6) is 1.37. The monoisotopic (exact) mass is 360 g/mol. The van der Waals surface area contributed by atoms with E-state index < -0.39 is 12.1 Å². The van der Waals surface area contributed by atoms with E-state index in [-0.39, 0.29) is 12.5 Å². The number of nitrogens with zero attached hydrogens (tertiary/aromatic N) is 2. The minimum absolute atomic E-state index is 0.220. The molecule has 0 unspecified atom stereocenters. The van der Waals surface area contributed by atoms with Gasteiger partial charge in [-0.3, -0.25) is 0 Å². The van der Waals surface area contributed by atoms with E-state index >= 15 is 0 Å². The fourth-order valence-corrected chi connectivity index (χ4v) is 2.64. The fraction of sp³-hybridized carbons (Fsp3) is 0.235. The molecule has 0 fully saturated rings. The number of hydrogen-bond acceptors (Lipinski definition) is 8. The molecule has 0 amide bonds. The molecule has 2 aromatic heterocycles. The van der Waals surface area contributed by atoms with Crippen molar-refractivity contribution in [1.82, 2.24) is 10.2 Å². The first-order chi connectivity index (χ1) is 12.2. The van der Waals surface area contributed by atoms with Crippen LogP contribution in [0.4, 0.5) is 0 Å². The molecule has 1 aromatic carbocycles. The highest BCUT2D eigenvalue weighted by Crippen LogP contribution is 2.25. The van der Waals surface area contributed by atoms with Gasteiger partial charge in [0.2, 0.25) is 0 Å². The van der Waals surface area contributed by atoms with Crippen molar-refractivity contribution in [2.75, 3.05) is 13.7 Å². The van der Waals surface area contributed by atoms with Gasteiger partial charge >= 0.3 is 5.97 Å². The number of hydrogen-bond donors (Lipinski definition) is 0. The van der Waals surface area contributed by atoms with Gasteiger partial charge in [-0.05, 0) is 42.6 Å². The van der Waals surface area contributed by atoms with Gasteiger partial charge in [0.05, 0.1) is 12.0 Å². The summed E-state index contributed by atoms with van der Waals surface area (Å²) in [7, 11) is 1.58. The van der Waals surface area contributed by atoms with Crippen molar-refractivity contribution in [3.63, 3.8) is 0 Å². The number of ether oxygens (including phenoxy) is 3. The first-order valence-corrected chi connectivity index (χ1v) is 8.37. The van der Waals surface area contributed by atoms with Gasteiger partial charge in [0.15, 0.2) is 12.7 Å². The lowest BCUT2D eigenvalue weighted by molar-refractivity contribution is -0.152. The summed E-state index contributed by atoms with van der Waals surface area (Å²) >= 11 is 1.49. The second-order valence-corrected chi connectivity index (χ2v) is 5.97.